The quantitative estimate of drug-likeness (QED) is 0.575. The monoisotopic (exact) mass is 167 g/mol. The molecule has 0 fully saturated rings. The molecule has 0 unspecified atom stereocenters. The summed E-state index contributed by atoms with van der Waals surface area (Å²) in [5.41, 5.74) is 0. The van der Waals surface area contributed by atoms with E-state index in [9.17, 15) is 0 Å². The maximum Gasteiger partial charge on any atom is 0.241 e. The molecule has 0 aliphatic heterocycles. The van der Waals surface area contributed by atoms with Crippen LogP contribution in [0.1, 0.15) is 6.92 Å². The van der Waals surface area contributed by atoms with Crippen LogP contribution in [-0.2, 0) is 4.43 Å². The lowest BCUT2D eigenvalue weighted by Crippen LogP contribution is -2.25. The van der Waals surface area contributed by atoms with Crippen molar-refractivity contribution in [2.24, 2.45) is 0 Å². The highest BCUT2D eigenvalue weighted by molar-refractivity contribution is 6.70. The molecule has 0 amide bonds. The molecule has 0 aromatic rings. The van der Waals surface area contributed by atoms with Gasteiger partial charge in [0.25, 0.3) is 0 Å². The molecule has 0 bridgehead atoms. The van der Waals surface area contributed by atoms with Crippen molar-refractivity contribution in [3.63, 3.8) is 0 Å². The third-order valence-electron chi connectivity index (χ3n) is 1.40. The maximum atomic E-state index is 5.81. The lowest BCUT2D eigenvalue weighted by molar-refractivity contribution is 0.424. The molecule has 1 rings (SSSR count). The fraction of sp³-hybridized carbons (Fsp3) is 0.444. The van der Waals surface area contributed by atoms with Gasteiger partial charge < -0.3 is 4.43 Å². The summed E-state index contributed by atoms with van der Waals surface area (Å²) in [6.07, 6.45) is 6.15. The highest BCUT2D eigenvalue weighted by Crippen LogP contribution is 2.24. The van der Waals surface area contributed by atoms with Gasteiger partial charge >= 0.3 is 0 Å². The van der Waals surface area contributed by atoms with Gasteiger partial charge in [-0.25, -0.2) is 0 Å². The molecule has 0 aromatic heterocycles. The Morgan fingerprint density at radius 3 is 2.27 bits per heavy atom. The van der Waals surface area contributed by atoms with Crippen LogP contribution >= 0.6 is 0 Å². The van der Waals surface area contributed by atoms with Crippen molar-refractivity contribution < 1.29 is 4.43 Å². The predicted molar refractivity (Wildman–Crippen MR) is 50.6 cm³/mol. The Morgan fingerprint density at radius 1 is 1.27 bits per heavy atom. The average molecular weight is 167 g/mol. The summed E-state index contributed by atoms with van der Waals surface area (Å²) in [6, 6.07) is 0. The fourth-order valence-corrected chi connectivity index (χ4v) is 1.83. The number of rotatable bonds is 2. The van der Waals surface area contributed by atoms with Crippen LogP contribution in [0.4, 0.5) is 0 Å². The highest BCUT2D eigenvalue weighted by atomic mass is 28.4. The van der Waals surface area contributed by atoms with Crippen LogP contribution in [0.25, 0.3) is 0 Å². The highest BCUT2D eigenvalue weighted by Gasteiger charge is 2.21. The second kappa shape index (κ2) is 2.86. The third kappa shape index (κ3) is 2.54. The first-order valence-electron chi connectivity index (χ1n) is 3.90. The van der Waals surface area contributed by atoms with Gasteiger partial charge in [0.2, 0.25) is 8.32 Å². The minimum absolute atomic E-state index is 1.06. The Morgan fingerprint density at radius 2 is 1.91 bits per heavy atom. The molecule has 2 heteroatoms. The summed E-state index contributed by atoms with van der Waals surface area (Å²) < 4.78 is 5.81. The first kappa shape index (κ1) is 8.59. The van der Waals surface area contributed by atoms with Gasteiger partial charge in [0, 0.05) is 0 Å². The van der Waals surface area contributed by atoms with E-state index in [0.29, 0.717) is 0 Å². The standard InChI is InChI=1S/C9H15OSi/c1-8-6-5-7-9(8)10-11(2,3)4/h5-7H,1-4H3. The molecule has 61 valence electrons. The molecule has 1 radical (unpaired) electrons. The first-order chi connectivity index (χ1) is 4.99. The van der Waals surface area contributed by atoms with Gasteiger partial charge in [-0.2, -0.15) is 0 Å². The number of hydrogen-bond donors (Lipinski definition) is 0. The van der Waals surface area contributed by atoms with E-state index in [4.69, 9.17) is 4.43 Å². The Bertz CT molecular complexity index is 198. The number of allylic oxidation sites excluding steroid dienone is 3. The Kier molecular flexibility index (Phi) is 2.23. The molecule has 0 saturated heterocycles. The zero-order valence-corrected chi connectivity index (χ0v) is 8.64. The minimum Gasteiger partial charge on any atom is -0.547 e. The first-order valence-corrected chi connectivity index (χ1v) is 7.31. The van der Waals surface area contributed by atoms with Crippen molar-refractivity contribution in [2.45, 2.75) is 26.6 Å². The van der Waals surface area contributed by atoms with Crippen molar-refractivity contribution in [3.8, 4) is 0 Å². The smallest absolute Gasteiger partial charge is 0.241 e. The molecule has 0 atom stereocenters. The lowest BCUT2D eigenvalue weighted by atomic mass is 10.2. The van der Waals surface area contributed by atoms with E-state index in [2.05, 4.69) is 32.6 Å². The molecule has 11 heavy (non-hydrogen) atoms. The van der Waals surface area contributed by atoms with Gasteiger partial charge in [-0.05, 0) is 32.6 Å². The third-order valence-corrected chi connectivity index (χ3v) is 2.23. The van der Waals surface area contributed by atoms with Gasteiger partial charge in [0.15, 0.2) is 0 Å². The molecule has 0 N–H and O–H groups in total. The zero-order valence-electron chi connectivity index (χ0n) is 7.64. The van der Waals surface area contributed by atoms with Gasteiger partial charge in [0.1, 0.15) is 0 Å². The van der Waals surface area contributed by atoms with Gasteiger partial charge in [-0.15, -0.1) is 0 Å². The summed E-state index contributed by atoms with van der Waals surface area (Å²) in [7, 11) is -1.39. The summed E-state index contributed by atoms with van der Waals surface area (Å²) >= 11 is 0. The maximum absolute atomic E-state index is 5.81. The van der Waals surface area contributed by atoms with Crippen molar-refractivity contribution in [1.82, 2.24) is 0 Å². The van der Waals surface area contributed by atoms with Crippen LogP contribution < -0.4 is 0 Å². The van der Waals surface area contributed by atoms with Crippen LogP contribution in [0.2, 0.25) is 19.6 Å². The van der Waals surface area contributed by atoms with Crippen molar-refractivity contribution in [2.75, 3.05) is 0 Å². The van der Waals surface area contributed by atoms with Crippen LogP contribution in [0.5, 0.6) is 0 Å². The SMILES string of the molecule is C[C]1C=CC=C1O[Si](C)(C)C. The second-order valence-electron chi connectivity index (χ2n) is 3.79. The predicted octanol–water partition coefficient (Wildman–Crippen LogP) is 2.89. The van der Waals surface area contributed by atoms with Crippen LogP contribution in [0.3, 0.4) is 0 Å². The molecule has 1 aliphatic carbocycles. The fourth-order valence-electron chi connectivity index (χ4n) is 0.938. The van der Waals surface area contributed by atoms with E-state index < -0.39 is 8.32 Å². The van der Waals surface area contributed by atoms with Crippen molar-refractivity contribution in [3.05, 3.63) is 29.9 Å². The average Bonchev–Trinajstić information content (AvgIpc) is 2.12. The van der Waals surface area contributed by atoms with E-state index in [1.165, 1.54) is 5.92 Å². The molecule has 0 heterocycles. The van der Waals surface area contributed by atoms with E-state index in [1.807, 2.05) is 12.2 Å². The molecule has 0 spiro atoms. The zero-order chi connectivity index (χ0) is 8.48. The lowest BCUT2D eigenvalue weighted by Gasteiger charge is -2.22. The summed E-state index contributed by atoms with van der Waals surface area (Å²) in [4.78, 5) is 0. The Hall–Kier alpha value is -0.503. The van der Waals surface area contributed by atoms with E-state index >= 15 is 0 Å². The number of hydrogen-bond acceptors (Lipinski definition) is 1. The van der Waals surface area contributed by atoms with E-state index in [1.54, 1.807) is 0 Å². The molecular weight excluding hydrogens is 152 g/mol. The second-order valence-corrected chi connectivity index (χ2v) is 8.22. The molecule has 0 aromatic carbocycles. The van der Waals surface area contributed by atoms with Crippen molar-refractivity contribution >= 4 is 8.32 Å². The minimum atomic E-state index is -1.39. The van der Waals surface area contributed by atoms with Crippen LogP contribution in [0.15, 0.2) is 24.0 Å². The van der Waals surface area contributed by atoms with E-state index in [0.717, 1.165) is 5.76 Å². The summed E-state index contributed by atoms with van der Waals surface area (Å²) in [6.45, 7) is 8.66. The normalized spacial score (nSPS) is 18.7. The topological polar surface area (TPSA) is 9.23 Å². The Labute approximate surface area is 69.9 Å². The Balaban J connectivity index is 2.53. The summed E-state index contributed by atoms with van der Waals surface area (Å²) in [5.74, 6) is 2.30. The van der Waals surface area contributed by atoms with Gasteiger partial charge in [-0.3, -0.25) is 0 Å². The van der Waals surface area contributed by atoms with E-state index in [-0.39, 0.29) is 0 Å². The summed E-state index contributed by atoms with van der Waals surface area (Å²) in [5, 5.41) is 0. The van der Waals surface area contributed by atoms with Gasteiger partial charge in [-0.1, -0.05) is 12.2 Å². The van der Waals surface area contributed by atoms with Crippen molar-refractivity contribution in [1.29, 1.82) is 0 Å². The largest absolute Gasteiger partial charge is 0.547 e. The van der Waals surface area contributed by atoms with Crippen LogP contribution in [-0.4, -0.2) is 8.32 Å². The van der Waals surface area contributed by atoms with Gasteiger partial charge in [0.05, 0.1) is 11.7 Å². The molecule has 1 aliphatic rings. The molecular formula is C9H15OSi. The molecule has 1 nitrogen and oxygen atoms in total. The van der Waals surface area contributed by atoms with Crippen LogP contribution in [0, 0.1) is 5.92 Å². The molecule has 0 saturated carbocycles.